The van der Waals surface area contributed by atoms with E-state index in [1.807, 2.05) is 0 Å². The SMILES string of the molecule is CCC(NC(=O)NCCNC(C)=O)C(=O)O. The summed E-state index contributed by atoms with van der Waals surface area (Å²) in [6, 6.07) is -1.44. The monoisotopic (exact) mass is 231 g/mol. The van der Waals surface area contributed by atoms with Gasteiger partial charge in [0.05, 0.1) is 0 Å². The number of amides is 3. The van der Waals surface area contributed by atoms with E-state index in [1.165, 1.54) is 6.92 Å². The molecule has 1 atom stereocenters. The van der Waals surface area contributed by atoms with Crippen LogP contribution < -0.4 is 16.0 Å². The minimum atomic E-state index is -1.07. The van der Waals surface area contributed by atoms with E-state index in [0.717, 1.165) is 0 Å². The zero-order valence-corrected chi connectivity index (χ0v) is 9.37. The first-order valence-corrected chi connectivity index (χ1v) is 4.99. The second-order valence-electron chi connectivity index (χ2n) is 3.18. The first kappa shape index (κ1) is 14.2. The normalized spacial score (nSPS) is 11.4. The van der Waals surface area contributed by atoms with E-state index in [9.17, 15) is 14.4 Å². The number of carbonyl (C=O) groups is 3. The summed E-state index contributed by atoms with van der Waals surface area (Å²) in [7, 11) is 0. The highest BCUT2D eigenvalue weighted by Gasteiger charge is 2.16. The van der Waals surface area contributed by atoms with Gasteiger partial charge >= 0.3 is 12.0 Å². The van der Waals surface area contributed by atoms with Crippen LogP contribution in [0.5, 0.6) is 0 Å². The molecule has 0 aromatic heterocycles. The predicted molar refractivity (Wildman–Crippen MR) is 56.9 cm³/mol. The fourth-order valence-corrected chi connectivity index (χ4v) is 0.962. The van der Waals surface area contributed by atoms with Gasteiger partial charge in [-0.05, 0) is 6.42 Å². The Hall–Kier alpha value is -1.79. The van der Waals surface area contributed by atoms with Crippen molar-refractivity contribution in [2.24, 2.45) is 0 Å². The van der Waals surface area contributed by atoms with E-state index < -0.39 is 18.0 Å². The number of hydrogen-bond donors (Lipinski definition) is 4. The number of carbonyl (C=O) groups excluding carboxylic acids is 2. The number of rotatable bonds is 6. The molecule has 0 aliphatic rings. The van der Waals surface area contributed by atoms with Gasteiger partial charge in [0, 0.05) is 20.0 Å². The number of carboxylic acids is 1. The summed E-state index contributed by atoms with van der Waals surface area (Å²) < 4.78 is 0. The first-order chi connectivity index (χ1) is 7.47. The number of nitrogens with one attached hydrogen (secondary N) is 3. The van der Waals surface area contributed by atoms with Gasteiger partial charge in [-0.25, -0.2) is 9.59 Å². The molecule has 1 unspecified atom stereocenters. The quantitative estimate of drug-likeness (QED) is 0.453. The lowest BCUT2D eigenvalue weighted by Gasteiger charge is -2.13. The molecule has 3 amide bonds. The van der Waals surface area contributed by atoms with Crippen molar-refractivity contribution >= 4 is 17.9 Å². The Morgan fingerprint density at radius 2 is 1.75 bits per heavy atom. The van der Waals surface area contributed by atoms with Gasteiger partial charge in [-0.15, -0.1) is 0 Å². The van der Waals surface area contributed by atoms with Crippen LogP contribution in [0.3, 0.4) is 0 Å². The van der Waals surface area contributed by atoms with Crippen molar-refractivity contribution in [2.45, 2.75) is 26.3 Å². The lowest BCUT2D eigenvalue weighted by molar-refractivity contribution is -0.139. The molecule has 0 fully saturated rings. The first-order valence-electron chi connectivity index (χ1n) is 4.99. The Morgan fingerprint density at radius 3 is 2.19 bits per heavy atom. The van der Waals surface area contributed by atoms with Crippen LogP contribution in [-0.2, 0) is 9.59 Å². The van der Waals surface area contributed by atoms with E-state index in [2.05, 4.69) is 16.0 Å². The lowest BCUT2D eigenvalue weighted by atomic mass is 10.2. The molecule has 0 heterocycles. The van der Waals surface area contributed by atoms with Crippen LogP contribution in [0.25, 0.3) is 0 Å². The second kappa shape index (κ2) is 7.49. The third-order valence-corrected chi connectivity index (χ3v) is 1.80. The van der Waals surface area contributed by atoms with Crippen LogP contribution in [0.4, 0.5) is 4.79 Å². The number of aliphatic carboxylic acids is 1. The van der Waals surface area contributed by atoms with Crippen molar-refractivity contribution in [1.82, 2.24) is 16.0 Å². The molecule has 7 nitrogen and oxygen atoms in total. The maximum absolute atomic E-state index is 11.2. The topological polar surface area (TPSA) is 108 Å². The average Bonchev–Trinajstić information content (AvgIpc) is 2.20. The Labute approximate surface area is 93.6 Å². The molecular formula is C9H17N3O4. The summed E-state index contributed by atoms with van der Waals surface area (Å²) in [4.78, 5) is 32.2. The molecule has 0 aromatic rings. The van der Waals surface area contributed by atoms with Gasteiger partial charge in [0.15, 0.2) is 0 Å². The minimum Gasteiger partial charge on any atom is -0.480 e. The van der Waals surface area contributed by atoms with Crippen molar-refractivity contribution < 1.29 is 19.5 Å². The Bertz CT molecular complexity index is 267. The van der Waals surface area contributed by atoms with Gasteiger partial charge in [-0.2, -0.15) is 0 Å². The van der Waals surface area contributed by atoms with Gasteiger partial charge in [-0.3, -0.25) is 4.79 Å². The molecule has 0 radical (unpaired) electrons. The maximum Gasteiger partial charge on any atom is 0.326 e. The molecule has 0 saturated carbocycles. The van der Waals surface area contributed by atoms with E-state index >= 15 is 0 Å². The van der Waals surface area contributed by atoms with Crippen LogP contribution in [0.1, 0.15) is 20.3 Å². The molecule has 0 saturated heterocycles. The van der Waals surface area contributed by atoms with E-state index in [4.69, 9.17) is 5.11 Å². The van der Waals surface area contributed by atoms with Crippen LogP contribution >= 0.6 is 0 Å². The molecule has 4 N–H and O–H groups in total. The third-order valence-electron chi connectivity index (χ3n) is 1.80. The molecule has 0 spiro atoms. The average molecular weight is 231 g/mol. The molecule has 0 bridgehead atoms. The predicted octanol–water partition coefficient (Wildman–Crippen LogP) is -0.715. The maximum atomic E-state index is 11.2. The summed E-state index contributed by atoms with van der Waals surface area (Å²) >= 11 is 0. The molecule has 0 aliphatic heterocycles. The van der Waals surface area contributed by atoms with E-state index in [1.54, 1.807) is 6.92 Å². The van der Waals surface area contributed by atoms with Crippen molar-refractivity contribution in [1.29, 1.82) is 0 Å². The molecule has 92 valence electrons. The zero-order chi connectivity index (χ0) is 12.6. The molecule has 16 heavy (non-hydrogen) atoms. The van der Waals surface area contributed by atoms with Crippen molar-refractivity contribution in [2.75, 3.05) is 13.1 Å². The second-order valence-corrected chi connectivity index (χ2v) is 3.18. The smallest absolute Gasteiger partial charge is 0.326 e. The summed E-state index contributed by atoms with van der Waals surface area (Å²) in [5.74, 6) is -1.25. The highest BCUT2D eigenvalue weighted by molar-refractivity contribution is 5.82. The Kier molecular flexibility index (Phi) is 6.66. The highest BCUT2D eigenvalue weighted by atomic mass is 16.4. The summed E-state index contributed by atoms with van der Waals surface area (Å²) in [5.41, 5.74) is 0. The largest absolute Gasteiger partial charge is 0.480 e. The number of carboxylic acid groups (broad SMARTS) is 1. The van der Waals surface area contributed by atoms with Gasteiger partial charge in [0.2, 0.25) is 5.91 Å². The number of hydrogen-bond acceptors (Lipinski definition) is 3. The lowest BCUT2D eigenvalue weighted by Crippen LogP contribution is -2.47. The highest BCUT2D eigenvalue weighted by Crippen LogP contribution is 1.89. The van der Waals surface area contributed by atoms with Crippen molar-refractivity contribution in [3.8, 4) is 0 Å². The molecule has 0 aliphatic carbocycles. The molecular weight excluding hydrogens is 214 g/mol. The molecule has 0 rings (SSSR count). The Balaban J connectivity index is 3.73. The zero-order valence-electron chi connectivity index (χ0n) is 9.37. The van der Waals surface area contributed by atoms with Crippen molar-refractivity contribution in [3.63, 3.8) is 0 Å². The molecule has 7 heteroatoms. The summed E-state index contributed by atoms with van der Waals surface area (Å²) in [6.07, 6.45) is 0.314. The minimum absolute atomic E-state index is 0.181. The fraction of sp³-hybridized carbons (Fsp3) is 0.667. The van der Waals surface area contributed by atoms with Gasteiger partial charge in [0.1, 0.15) is 6.04 Å². The summed E-state index contributed by atoms with van der Waals surface area (Å²) in [5, 5.41) is 15.9. The van der Waals surface area contributed by atoms with Crippen LogP contribution in [0.2, 0.25) is 0 Å². The Morgan fingerprint density at radius 1 is 1.19 bits per heavy atom. The molecule has 0 aromatic carbocycles. The van der Waals surface area contributed by atoms with Gasteiger partial charge in [-0.1, -0.05) is 6.92 Å². The van der Waals surface area contributed by atoms with Crippen molar-refractivity contribution in [3.05, 3.63) is 0 Å². The van der Waals surface area contributed by atoms with Gasteiger partial charge in [0.25, 0.3) is 0 Å². The van der Waals surface area contributed by atoms with Gasteiger partial charge < -0.3 is 21.1 Å². The fourth-order valence-electron chi connectivity index (χ4n) is 0.962. The van der Waals surface area contributed by atoms with Crippen LogP contribution in [-0.4, -0.2) is 42.1 Å². The van der Waals surface area contributed by atoms with Crippen LogP contribution in [0, 0.1) is 0 Å². The summed E-state index contributed by atoms with van der Waals surface area (Å²) in [6.45, 7) is 3.60. The number of urea groups is 1. The third kappa shape index (κ3) is 6.63. The van der Waals surface area contributed by atoms with Crippen LogP contribution in [0.15, 0.2) is 0 Å². The van der Waals surface area contributed by atoms with E-state index in [-0.39, 0.29) is 12.5 Å². The van der Waals surface area contributed by atoms with E-state index in [0.29, 0.717) is 13.0 Å². The standard InChI is InChI=1S/C9H17N3O4/c1-3-7(8(14)15)12-9(16)11-5-4-10-6(2)13/h7H,3-5H2,1-2H3,(H,10,13)(H,14,15)(H2,11,12,16).